The molecule has 3 heterocycles. The van der Waals surface area contributed by atoms with Gasteiger partial charge in [0.1, 0.15) is 5.82 Å². The Morgan fingerprint density at radius 2 is 2.21 bits per heavy atom. The molecule has 0 bridgehead atoms. The van der Waals surface area contributed by atoms with Crippen molar-refractivity contribution in [3.8, 4) is 0 Å². The van der Waals surface area contributed by atoms with E-state index in [1.165, 1.54) is 28.7 Å². The van der Waals surface area contributed by atoms with Crippen LogP contribution in [0.5, 0.6) is 0 Å². The summed E-state index contributed by atoms with van der Waals surface area (Å²) < 4.78 is 15.8. The van der Waals surface area contributed by atoms with E-state index >= 15 is 0 Å². The number of hydrogen-bond donors (Lipinski definition) is 0. The Kier molecular flexibility index (Phi) is 4.31. The minimum absolute atomic E-state index is 0.257. The van der Waals surface area contributed by atoms with Gasteiger partial charge in [0.05, 0.1) is 6.20 Å². The van der Waals surface area contributed by atoms with Gasteiger partial charge in [-0.25, -0.2) is 4.39 Å². The van der Waals surface area contributed by atoms with Crippen LogP contribution in [0.3, 0.4) is 0 Å². The average molecular weight is 390 g/mol. The predicted octanol–water partition coefficient (Wildman–Crippen LogP) is 3.59. The van der Waals surface area contributed by atoms with Crippen LogP contribution in [-0.2, 0) is 32.4 Å². The number of aryl methyl sites for hydroxylation is 1. The summed E-state index contributed by atoms with van der Waals surface area (Å²) in [5, 5.41) is 0. The van der Waals surface area contributed by atoms with Crippen LogP contribution >= 0.6 is 15.9 Å². The highest BCUT2D eigenvalue weighted by Gasteiger charge is 2.27. The molecule has 5 heteroatoms. The number of fused-ring (bicyclic) bond motifs is 3. The van der Waals surface area contributed by atoms with Crippen molar-refractivity contribution >= 4 is 22.0 Å². The van der Waals surface area contributed by atoms with Gasteiger partial charge in [-0.15, -0.1) is 0 Å². The monoisotopic (exact) mass is 389 g/mol. The van der Waals surface area contributed by atoms with Gasteiger partial charge in [-0.3, -0.25) is 4.98 Å². The molecule has 0 aromatic carbocycles. The number of alkyl halides is 1. The average Bonchev–Trinajstić information content (AvgIpc) is 2.85. The fraction of sp³-hybridized carbons (Fsp3) is 0.421. The van der Waals surface area contributed by atoms with E-state index in [0.717, 1.165) is 44.5 Å². The zero-order valence-corrected chi connectivity index (χ0v) is 15.4. The summed E-state index contributed by atoms with van der Waals surface area (Å²) in [6, 6.07) is 1.59. The minimum Gasteiger partial charge on any atom is -0.344 e. The Labute approximate surface area is 150 Å². The van der Waals surface area contributed by atoms with Gasteiger partial charge in [0.25, 0.3) is 0 Å². The molecule has 1 unspecified atom stereocenters. The zero-order chi connectivity index (χ0) is 16.7. The molecule has 24 heavy (non-hydrogen) atoms. The number of rotatable bonds is 3. The maximum Gasteiger partial charge on any atom is 0.141 e. The summed E-state index contributed by atoms with van der Waals surface area (Å²) in [6.07, 6.45) is 10.5. The Bertz CT molecular complexity index is 796. The topological polar surface area (TPSA) is 21.1 Å². The first-order valence-corrected chi connectivity index (χ1v) is 9.36. The lowest BCUT2D eigenvalue weighted by Gasteiger charge is -2.25. The van der Waals surface area contributed by atoms with Crippen molar-refractivity contribution in [3.63, 3.8) is 0 Å². The van der Waals surface area contributed by atoms with Crippen molar-refractivity contribution < 1.29 is 4.39 Å². The number of allylic oxidation sites excluding steroid dienone is 1. The summed E-state index contributed by atoms with van der Waals surface area (Å²) in [6.45, 7) is 3.00. The van der Waals surface area contributed by atoms with Crippen LogP contribution in [0.15, 0.2) is 24.5 Å². The molecule has 126 valence electrons. The Balaban J connectivity index is 1.68. The van der Waals surface area contributed by atoms with Crippen LogP contribution in [0.1, 0.15) is 28.1 Å². The van der Waals surface area contributed by atoms with Crippen LogP contribution in [0.25, 0.3) is 6.08 Å². The molecule has 0 saturated carbocycles. The van der Waals surface area contributed by atoms with Crippen LogP contribution in [0.2, 0.25) is 0 Å². The summed E-state index contributed by atoms with van der Waals surface area (Å²) in [5.41, 5.74) is 6.75. The molecule has 1 aliphatic heterocycles. The number of hydrogen-bond acceptors (Lipinski definition) is 2. The van der Waals surface area contributed by atoms with E-state index in [-0.39, 0.29) is 5.82 Å². The molecule has 2 aromatic heterocycles. The number of likely N-dealkylation sites (N-methyl/N-ethyl adjacent to an activating group) is 1. The largest absolute Gasteiger partial charge is 0.344 e. The van der Waals surface area contributed by atoms with Gasteiger partial charge in [-0.05, 0) is 48.7 Å². The third-order valence-electron chi connectivity index (χ3n) is 5.04. The van der Waals surface area contributed by atoms with Crippen LogP contribution in [0, 0.1) is 5.82 Å². The van der Waals surface area contributed by atoms with Gasteiger partial charge in [0.15, 0.2) is 0 Å². The number of aromatic nitrogens is 2. The highest BCUT2D eigenvalue weighted by Crippen LogP contribution is 2.34. The lowest BCUT2D eigenvalue weighted by Crippen LogP contribution is -2.28. The van der Waals surface area contributed by atoms with Crippen molar-refractivity contribution in [2.75, 3.05) is 13.6 Å². The molecule has 0 amide bonds. The Morgan fingerprint density at radius 1 is 1.33 bits per heavy atom. The molecule has 3 nitrogen and oxygen atoms in total. The zero-order valence-electron chi connectivity index (χ0n) is 13.8. The highest BCUT2D eigenvalue weighted by atomic mass is 79.9. The van der Waals surface area contributed by atoms with Crippen LogP contribution in [0.4, 0.5) is 4.39 Å². The lowest BCUT2D eigenvalue weighted by molar-refractivity contribution is 0.307. The van der Waals surface area contributed by atoms with E-state index in [1.807, 2.05) is 0 Å². The Hall–Kier alpha value is -1.46. The van der Waals surface area contributed by atoms with Crippen molar-refractivity contribution in [2.45, 2.75) is 37.2 Å². The van der Waals surface area contributed by atoms with Gasteiger partial charge in [-0.2, -0.15) is 0 Å². The molecule has 1 atom stereocenters. The van der Waals surface area contributed by atoms with Gasteiger partial charge in [0.2, 0.25) is 0 Å². The first-order chi connectivity index (χ1) is 11.6. The summed E-state index contributed by atoms with van der Waals surface area (Å²) >= 11 is 3.73. The molecule has 0 spiro atoms. The molecule has 0 N–H and O–H groups in total. The van der Waals surface area contributed by atoms with Crippen molar-refractivity contribution in [1.82, 2.24) is 14.5 Å². The lowest BCUT2D eigenvalue weighted by atomic mass is 9.97. The van der Waals surface area contributed by atoms with Crippen molar-refractivity contribution in [2.24, 2.45) is 0 Å². The van der Waals surface area contributed by atoms with Gasteiger partial charge in [-0.1, -0.05) is 22.0 Å². The molecule has 4 rings (SSSR count). The van der Waals surface area contributed by atoms with Crippen molar-refractivity contribution in [3.05, 3.63) is 58.4 Å². The first-order valence-electron chi connectivity index (χ1n) is 8.45. The van der Waals surface area contributed by atoms with E-state index in [2.05, 4.69) is 49.6 Å². The third kappa shape index (κ3) is 2.95. The number of pyridine rings is 1. The highest BCUT2D eigenvalue weighted by molar-refractivity contribution is 9.09. The van der Waals surface area contributed by atoms with Gasteiger partial charge < -0.3 is 9.47 Å². The molecule has 0 saturated heterocycles. The number of nitrogens with zero attached hydrogens (tertiary/aromatic N) is 3. The second kappa shape index (κ2) is 6.45. The second-order valence-electron chi connectivity index (χ2n) is 6.77. The van der Waals surface area contributed by atoms with Gasteiger partial charge in [0, 0.05) is 48.5 Å². The third-order valence-corrected chi connectivity index (χ3v) is 5.67. The smallest absolute Gasteiger partial charge is 0.141 e. The molecule has 1 aliphatic carbocycles. The molecule has 2 aliphatic rings. The quantitative estimate of drug-likeness (QED) is 0.747. The standard InChI is InChI=1S/C19H21BrFN3/c1-23-6-5-19-17(12-23)16-9-14(20)2-3-18(16)24(19)7-4-13-8-15(21)11-22-10-13/h2-3,8,10-11,14H,4-7,9,12H2,1H3. The summed E-state index contributed by atoms with van der Waals surface area (Å²) in [4.78, 5) is 6.78. The SMILES string of the molecule is CN1CCc2c(c3c(n2CCc2cncc(F)c2)C=CC(Br)C3)C1. The van der Waals surface area contributed by atoms with Gasteiger partial charge >= 0.3 is 0 Å². The maximum absolute atomic E-state index is 13.4. The summed E-state index contributed by atoms with van der Waals surface area (Å²) in [7, 11) is 2.19. The molecular formula is C19H21BrFN3. The van der Waals surface area contributed by atoms with Crippen LogP contribution < -0.4 is 0 Å². The predicted molar refractivity (Wildman–Crippen MR) is 97.8 cm³/mol. The van der Waals surface area contributed by atoms with E-state index in [0.29, 0.717) is 4.83 Å². The van der Waals surface area contributed by atoms with E-state index in [4.69, 9.17) is 0 Å². The maximum atomic E-state index is 13.4. The Morgan fingerprint density at radius 3 is 3.04 bits per heavy atom. The molecule has 0 fully saturated rings. The summed E-state index contributed by atoms with van der Waals surface area (Å²) in [5.74, 6) is -0.257. The second-order valence-corrected chi connectivity index (χ2v) is 7.95. The van der Waals surface area contributed by atoms with Crippen molar-refractivity contribution in [1.29, 1.82) is 0 Å². The van der Waals surface area contributed by atoms with E-state index in [1.54, 1.807) is 12.3 Å². The fourth-order valence-corrected chi connectivity index (χ4v) is 4.36. The number of halogens is 2. The molecule has 2 aromatic rings. The van der Waals surface area contributed by atoms with E-state index < -0.39 is 0 Å². The van der Waals surface area contributed by atoms with Crippen LogP contribution in [-0.4, -0.2) is 32.9 Å². The molecular weight excluding hydrogens is 369 g/mol. The molecule has 0 radical (unpaired) electrons. The minimum atomic E-state index is -0.257. The van der Waals surface area contributed by atoms with E-state index in [9.17, 15) is 4.39 Å². The fourth-order valence-electron chi connectivity index (χ4n) is 3.88. The normalized spacial score (nSPS) is 20.0. The first kappa shape index (κ1) is 16.0.